The molecule has 0 aliphatic carbocycles. The van der Waals surface area contributed by atoms with Crippen molar-refractivity contribution in [1.29, 1.82) is 0 Å². The maximum atomic E-state index is 6.24. The second kappa shape index (κ2) is 4.06. The van der Waals surface area contributed by atoms with E-state index in [1.165, 1.54) is 0 Å². The quantitative estimate of drug-likeness (QED) is 0.473. The molecule has 3 aromatic carbocycles. The van der Waals surface area contributed by atoms with Crippen molar-refractivity contribution in [2.24, 2.45) is 0 Å². The van der Waals surface area contributed by atoms with Crippen molar-refractivity contribution in [3.8, 4) is 0 Å². The van der Waals surface area contributed by atoms with Crippen LogP contribution < -0.4 is 0 Å². The zero-order valence-electron chi connectivity index (χ0n) is 8.52. The molecule has 0 aliphatic heterocycles. The summed E-state index contributed by atoms with van der Waals surface area (Å²) < 4.78 is 0. The van der Waals surface area contributed by atoms with E-state index in [1.54, 1.807) is 6.07 Å². The summed E-state index contributed by atoms with van der Waals surface area (Å²) in [5, 5.41) is 5.19. The van der Waals surface area contributed by atoms with Crippen LogP contribution in [0.3, 0.4) is 0 Å². The maximum Gasteiger partial charge on any atom is 0.0684 e. The molecule has 0 spiro atoms. The maximum absolute atomic E-state index is 6.24. The highest BCUT2D eigenvalue weighted by atomic mass is 35.5. The van der Waals surface area contributed by atoms with E-state index in [1.807, 2.05) is 24.3 Å². The number of fused-ring (bicyclic) bond motifs is 3. The van der Waals surface area contributed by atoms with Gasteiger partial charge in [-0.05, 0) is 29.0 Å². The largest absolute Gasteiger partial charge is 0.0836 e. The molecule has 0 aromatic heterocycles. The van der Waals surface area contributed by atoms with Crippen LogP contribution in [0, 0.1) is 12.1 Å². The van der Waals surface area contributed by atoms with Gasteiger partial charge < -0.3 is 0 Å². The second-order valence-electron chi connectivity index (χ2n) is 3.69. The highest BCUT2D eigenvalue weighted by Crippen LogP contribution is 2.39. The highest BCUT2D eigenvalue weighted by molar-refractivity contribution is 6.49. The van der Waals surface area contributed by atoms with Gasteiger partial charge in [0.05, 0.1) is 10.0 Å². The minimum Gasteiger partial charge on any atom is -0.0836 e. The number of benzene rings is 3. The zero-order valence-corrected chi connectivity index (χ0v) is 10.8. The Kier molecular flexibility index (Phi) is 2.67. The normalized spacial score (nSPS) is 11.2. The van der Waals surface area contributed by atoms with E-state index in [0.717, 1.165) is 21.5 Å². The van der Waals surface area contributed by atoms with Gasteiger partial charge in [0, 0.05) is 21.9 Å². The van der Waals surface area contributed by atoms with Crippen LogP contribution in [0.2, 0.25) is 15.1 Å². The molecule has 0 nitrogen and oxygen atoms in total. The van der Waals surface area contributed by atoms with Crippen molar-refractivity contribution < 1.29 is 0 Å². The van der Waals surface area contributed by atoms with Gasteiger partial charge in [-0.25, -0.2) is 0 Å². The van der Waals surface area contributed by atoms with Gasteiger partial charge in [-0.15, -0.1) is 0 Å². The van der Waals surface area contributed by atoms with Crippen molar-refractivity contribution in [2.45, 2.75) is 0 Å². The first-order chi connectivity index (χ1) is 8.18. The summed E-state index contributed by atoms with van der Waals surface area (Å²) in [6.07, 6.45) is 0. The van der Waals surface area contributed by atoms with Crippen LogP contribution in [0.5, 0.6) is 0 Å². The smallest absolute Gasteiger partial charge is 0.0684 e. The summed E-state index contributed by atoms with van der Waals surface area (Å²) in [6, 6.07) is 15.4. The topological polar surface area (TPSA) is 0 Å². The van der Waals surface area contributed by atoms with Gasteiger partial charge in [-0.2, -0.15) is 0 Å². The third-order valence-electron chi connectivity index (χ3n) is 2.71. The summed E-state index contributed by atoms with van der Waals surface area (Å²) in [6.45, 7) is 0. The fraction of sp³-hybridized carbons (Fsp3) is 0. The van der Waals surface area contributed by atoms with Crippen LogP contribution in [0.4, 0.5) is 0 Å². The molecular formula is C14H5Cl3. The van der Waals surface area contributed by atoms with Gasteiger partial charge in [0.2, 0.25) is 0 Å². The molecule has 0 aliphatic rings. The monoisotopic (exact) mass is 278 g/mol. The summed E-state index contributed by atoms with van der Waals surface area (Å²) in [4.78, 5) is 0. The van der Waals surface area contributed by atoms with Gasteiger partial charge in [-0.3, -0.25) is 0 Å². The molecule has 0 unspecified atom stereocenters. The predicted molar refractivity (Wildman–Crippen MR) is 74.2 cm³/mol. The van der Waals surface area contributed by atoms with E-state index in [0.29, 0.717) is 15.1 Å². The molecule has 3 aromatic rings. The Morgan fingerprint density at radius 3 is 2.47 bits per heavy atom. The van der Waals surface area contributed by atoms with Gasteiger partial charge in [0.1, 0.15) is 0 Å². The first kappa shape index (κ1) is 11.2. The molecule has 0 heterocycles. The summed E-state index contributed by atoms with van der Waals surface area (Å²) in [7, 11) is 0. The summed E-state index contributed by atoms with van der Waals surface area (Å²) in [5.41, 5.74) is 0. The molecule has 0 fully saturated rings. The van der Waals surface area contributed by atoms with Gasteiger partial charge in [0.15, 0.2) is 0 Å². The minimum atomic E-state index is 0.483. The number of hydrogen-bond acceptors (Lipinski definition) is 0. The first-order valence-corrected chi connectivity index (χ1v) is 6.10. The lowest BCUT2D eigenvalue weighted by Crippen LogP contribution is -1.82. The lowest BCUT2D eigenvalue weighted by atomic mass is 10.0. The van der Waals surface area contributed by atoms with Crippen LogP contribution >= 0.6 is 34.8 Å². The Morgan fingerprint density at radius 1 is 0.824 bits per heavy atom. The van der Waals surface area contributed by atoms with Crippen LogP contribution in [0.15, 0.2) is 30.3 Å². The lowest BCUT2D eigenvalue weighted by molar-refractivity contribution is 1.74. The molecular weight excluding hydrogens is 275 g/mol. The number of rotatable bonds is 0. The molecule has 0 amide bonds. The molecule has 3 rings (SSSR count). The van der Waals surface area contributed by atoms with Crippen LogP contribution in [0.25, 0.3) is 21.5 Å². The van der Waals surface area contributed by atoms with E-state index in [-0.39, 0.29) is 0 Å². The van der Waals surface area contributed by atoms with Crippen molar-refractivity contribution in [1.82, 2.24) is 0 Å². The Balaban J connectivity index is 2.65. The van der Waals surface area contributed by atoms with Gasteiger partial charge in [0.25, 0.3) is 0 Å². The molecule has 0 saturated carbocycles. The van der Waals surface area contributed by atoms with Crippen molar-refractivity contribution >= 4 is 56.3 Å². The SMILES string of the molecule is Clc1[c]c2c(Cl)c(Cl)c3c[c]ccc3c2cc1. The molecule has 82 valence electrons. The molecule has 0 atom stereocenters. The van der Waals surface area contributed by atoms with E-state index in [9.17, 15) is 0 Å². The highest BCUT2D eigenvalue weighted by Gasteiger charge is 2.11. The average Bonchev–Trinajstić information content (AvgIpc) is 2.36. The Hall–Kier alpha value is -0.950. The van der Waals surface area contributed by atoms with E-state index >= 15 is 0 Å². The summed E-state index contributed by atoms with van der Waals surface area (Å²) >= 11 is 18.4. The fourth-order valence-electron chi connectivity index (χ4n) is 1.94. The second-order valence-corrected chi connectivity index (χ2v) is 4.86. The number of halogens is 3. The minimum absolute atomic E-state index is 0.483. The van der Waals surface area contributed by atoms with Crippen molar-refractivity contribution in [2.75, 3.05) is 0 Å². The summed E-state index contributed by atoms with van der Waals surface area (Å²) in [5.74, 6) is 0. The Morgan fingerprint density at radius 2 is 1.65 bits per heavy atom. The molecule has 0 bridgehead atoms. The fourth-order valence-corrected chi connectivity index (χ4v) is 2.60. The van der Waals surface area contributed by atoms with Crippen molar-refractivity contribution in [3.05, 3.63) is 57.5 Å². The molecule has 0 saturated heterocycles. The van der Waals surface area contributed by atoms with E-state index in [2.05, 4.69) is 12.1 Å². The van der Waals surface area contributed by atoms with Gasteiger partial charge >= 0.3 is 0 Å². The molecule has 3 heteroatoms. The third-order valence-corrected chi connectivity index (χ3v) is 3.80. The Labute approximate surface area is 114 Å². The first-order valence-electron chi connectivity index (χ1n) is 4.97. The Bertz CT molecular complexity index is 732. The standard InChI is InChI=1S/C14H5Cl3/c15-8-5-6-10-9-3-1-2-4-11(9)13(16)14(17)12(10)7-8/h1,3-6H. The molecule has 0 N–H and O–H groups in total. The molecule has 17 heavy (non-hydrogen) atoms. The van der Waals surface area contributed by atoms with Crippen LogP contribution in [0.1, 0.15) is 0 Å². The van der Waals surface area contributed by atoms with Crippen LogP contribution in [-0.4, -0.2) is 0 Å². The lowest BCUT2D eigenvalue weighted by Gasteiger charge is -2.08. The average molecular weight is 280 g/mol. The zero-order chi connectivity index (χ0) is 12.0. The van der Waals surface area contributed by atoms with E-state index < -0.39 is 0 Å². The van der Waals surface area contributed by atoms with Crippen molar-refractivity contribution in [3.63, 3.8) is 0 Å². The van der Waals surface area contributed by atoms with E-state index in [4.69, 9.17) is 34.8 Å². The third kappa shape index (κ3) is 1.68. The van der Waals surface area contributed by atoms with Crippen LogP contribution in [-0.2, 0) is 0 Å². The van der Waals surface area contributed by atoms with Gasteiger partial charge in [-0.1, -0.05) is 53.0 Å². The predicted octanol–water partition coefficient (Wildman–Crippen LogP) is 5.55. The molecule has 2 radical (unpaired) electrons. The number of hydrogen-bond donors (Lipinski definition) is 0.